The summed E-state index contributed by atoms with van der Waals surface area (Å²) in [5, 5.41) is 5.50. The molecule has 3 aliphatic heterocycles. The van der Waals surface area contributed by atoms with Crippen molar-refractivity contribution in [2.45, 2.75) is 49.7 Å². The molecule has 5 aliphatic rings. The Morgan fingerprint density at radius 1 is 1.20 bits per heavy atom. The fourth-order valence-corrected chi connectivity index (χ4v) is 8.29. The van der Waals surface area contributed by atoms with E-state index in [2.05, 4.69) is 38.6 Å². The van der Waals surface area contributed by atoms with E-state index in [1.807, 2.05) is 23.5 Å². The molecule has 7 rings (SSSR count). The number of carbonyl (C=O) groups is 1. The average molecular weight is 495 g/mol. The summed E-state index contributed by atoms with van der Waals surface area (Å²) < 4.78 is 11.0. The van der Waals surface area contributed by atoms with Crippen molar-refractivity contribution >= 4 is 22.9 Å². The summed E-state index contributed by atoms with van der Waals surface area (Å²) in [6.07, 6.45) is 4.50. The molecule has 1 spiro atoms. The lowest BCUT2D eigenvalue weighted by Gasteiger charge is -2.33. The first kappa shape index (κ1) is 22.2. The lowest BCUT2D eigenvalue weighted by atomic mass is 9.72. The molecule has 35 heavy (non-hydrogen) atoms. The number of methoxy groups -OCH3 is 1. The number of anilines is 1. The quantitative estimate of drug-likeness (QED) is 0.592. The number of fused-ring (bicyclic) bond motifs is 3. The van der Waals surface area contributed by atoms with Crippen LogP contribution in [0.25, 0.3) is 0 Å². The second-order valence-corrected chi connectivity index (χ2v) is 12.0. The van der Waals surface area contributed by atoms with Gasteiger partial charge in [-0.2, -0.15) is 0 Å². The molecule has 3 N–H and O–H groups in total. The first-order valence-corrected chi connectivity index (χ1v) is 13.9. The summed E-state index contributed by atoms with van der Waals surface area (Å²) in [5.41, 5.74) is 10.5. The van der Waals surface area contributed by atoms with Crippen LogP contribution in [0.1, 0.15) is 47.7 Å². The molecular weight excluding hydrogens is 460 g/mol. The van der Waals surface area contributed by atoms with Crippen LogP contribution in [-0.2, 0) is 21.5 Å². The van der Waals surface area contributed by atoms with Gasteiger partial charge in [0.15, 0.2) is 0 Å². The molecule has 186 valence electrons. The molecule has 0 bridgehead atoms. The first-order valence-electron chi connectivity index (χ1n) is 13.0. The normalized spacial score (nSPS) is 36.1. The number of amides is 1. The Hall–Kier alpha value is -1.97. The standard InChI is InChI=1S/C27H34N4O3S/c1-33-18-3-5-23-21(12-18)27(26(32)28-23)13-22(27)16-2-4-20-24(11-16)29-30-25(20)17-10-19(35-15-17)14-31-6-8-34-9-7-31/h3,5,10,12,15-16,20,22,24-25,29-30H,2,4,6-9,11,13-14H2,1H3,(H,28,32)/t16?,20?,22-,24?,25?,27-/m0/s1. The third-order valence-corrected chi connectivity index (χ3v) is 10.2. The van der Waals surface area contributed by atoms with Crippen molar-refractivity contribution in [3.8, 4) is 5.75 Å². The average Bonchev–Trinajstić information content (AvgIpc) is 3.11. The molecule has 7 nitrogen and oxygen atoms in total. The van der Waals surface area contributed by atoms with Gasteiger partial charge in [0.1, 0.15) is 5.75 Å². The molecule has 2 saturated carbocycles. The smallest absolute Gasteiger partial charge is 0.235 e. The van der Waals surface area contributed by atoms with Gasteiger partial charge in [0.25, 0.3) is 0 Å². The van der Waals surface area contributed by atoms with Gasteiger partial charge in [0, 0.05) is 36.2 Å². The van der Waals surface area contributed by atoms with Gasteiger partial charge in [-0.15, -0.1) is 11.3 Å². The van der Waals surface area contributed by atoms with Crippen molar-refractivity contribution < 1.29 is 14.3 Å². The van der Waals surface area contributed by atoms with Crippen molar-refractivity contribution in [3.05, 3.63) is 45.6 Å². The topological polar surface area (TPSA) is 74.9 Å². The Morgan fingerprint density at radius 3 is 2.94 bits per heavy atom. The molecule has 0 radical (unpaired) electrons. The summed E-state index contributed by atoms with van der Waals surface area (Å²) in [5.74, 6) is 2.64. The number of hydrazine groups is 1. The molecule has 1 amide bonds. The number of ether oxygens (including phenoxy) is 2. The molecular formula is C27H34N4O3S. The largest absolute Gasteiger partial charge is 0.497 e. The van der Waals surface area contributed by atoms with Crippen LogP contribution in [0.2, 0.25) is 0 Å². The number of nitrogens with zero attached hydrogens (tertiary/aromatic N) is 1. The molecule has 1 aromatic heterocycles. The van der Waals surface area contributed by atoms with Gasteiger partial charge < -0.3 is 14.8 Å². The number of carbonyl (C=O) groups excluding carboxylic acids is 1. The van der Waals surface area contributed by atoms with Crippen molar-refractivity contribution in [3.63, 3.8) is 0 Å². The summed E-state index contributed by atoms with van der Waals surface area (Å²) in [4.78, 5) is 17.0. The van der Waals surface area contributed by atoms with Crippen LogP contribution in [0.15, 0.2) is 29.6 Å². The van der Waals surface area contributed by atoms with E-state index in [1.165, 1.54) is 23.3 Å². The molecule has 2 aliphatic carbocycles. The van der Waals surface area contributed by atoms with Crippen LogP contribution < -0.4 is 20.9 Å². The lowest BCUT2D eigenvalue weighted by Crippen LogP contribution is -2.37. The highest BCUT2D eigenvalue weighted by atomic mass is 32.1. The third-order valence-electron chi connectivity index (χ3n) is 9.26. The summed E-state index contributed by atoms with van der Waals surface area (Å²) in [7, 11) is 1.69. The second-order valence-electron chi connectivity index (χ2n) is 11.0. The summed E-state index contributed by atoms with van der Waals surface area (Å²) in [6, 6.07) is 9.27. The maximum atomic E-state index is 13.1. The predicted molar refractivity (Wildman–Crippen MR) is 135 cm³/mol. The summed E-state index contributed by atoms with van der Waals surface area (Å²) in [6.45, 7) is 4.78. The number of thiophene rings is 1. The van der Waals surface area contributed by atoms with Gasteiger partial charge in [-0.3, -0.25) is 15.1 Å². The van der Waals surface area contributed by atoms with Gasteiger partial charge in [0.2, 0.25) is 5.91 Å². The molecule has 2 saturated heterocycles. The van der Waals surface area contributed by atoms with Crippen LogP contribution in [0, 0.1) is 17.8 Å². The Labute approximate surface area is 210 Å². The zero-order valence-electron chi connectivity index (χ0n) is 20.2. The first-order chi connectivity index (χ1) is 17.2. The van der Waals surface area contributed by atoms with Gasteiger partial charge in [-0.25, -0.2) is 5.43 Å². The van der Waals surface area contributed by atoms with Crippen LogP contribution in [0.4, 0.5) is 5.69 Å². The highest BCUT2D eigenvalue weighted by molar-refractivity contribution is 7.10. The Balaban J connectivity index is 1.02. The van der Waals surface area contributed by atoms with E-state index in [0.717, 1.165) is 62.7 Å². The van der Waals surface area contributed by atoms with E-state index >= 15 is 0 Å². The molecule has 2 aromatic rings. The Morgan fingerprint density at radius 2 is 2.09 bits per heavy atom. The zero-order valence-corrected chi connectivity index (χ0v) is 21.0. The maximum absolute atomic E-state index is 13.1. The van der Waals surface area contributed by atoms with E-state index in [4.69, 9.17) is 9.47 Å². The highest BCUT2D eigenvalue weighted by Gasteiger charge is 2.67. The number of rotatable bonds is 5. The minimum atomic E-state index is -0.339. The highest BCUT2D eigenvalue weighted by Crippen LogP contribution is 2.65. The Kier molecular flexibility index (Phi) is 5.44. The van der Waals surface area contributed by atoms with Gasteiger partial charge in [0.05, 0.1) is 31.8 Å². The molecule has 8 heteroatoms. The van der Waals surface area contributed by atoms with Crippen LogP contribution in [0.3, 0.4) is 0 Å². The van der Waals surface area contributed by atoms with Crippen LogP contribution in [0.5, 0.6) is 5.75 Å². The number of hydrogen-bond acceptors (Lipinski definition) is 7. The van der Waals surface area contributed by atoms with Crippen molar-refractivity contribution in [1.29, 1.82) is 0 Å². The monoisotopic (exact) mass is 494 g/mol. The minimum Gasteiger partial charge on any atom is -0.497 e. The van der Waals surface area contributed by atoms with Crippen molar-refractivity contribution in [2.24, 2.45) is 17.8 Å². The van der Waals surface area contributed by atoms with Gasteiger partial charge in [-0.1, -0.05) is 0 Å². The fraction of sp³-hybridized carbons (Fsp3) is 0.593. The van der Waals surface area contributed by atoms with Crippen molar-refractivity contribution in [1.82, 2.24) is 15.8 Å². The van der Waals surface area contributed by atoms with Crippen molar-refractivity contribution in [2.75, 3.05) is 38.7 Å². The second kappa shape index (κ2) is 8.56. The van der Waals surface area contributed by atoms with E-state index in [-0.39, 0.29) is 11.3 Å². The third kappa shape index (κ3) is 3.64. The SMILES string of the molecule is COc1ccc2c(c1)[C@]1(C[C@H]1C1CCC3C(C1)NNC3c1csc(CN3CCOCC3)c1)C(=O)N2. The van der Waals surface area contributed by atoms with E-state index in [0.29, 0.717) is 29.8 Å². The van der Waals surface area contributed by atoms with Crippen LogP contribution >= 0.6 is 11.3 Å². The molecule has 1 aromatic carbocycles. The zero-order chi connectivity index (χ0) is 23.6. The molecule has 4 unspecified atom stereocenters. The van der Waals surface area contributed by atoms with E-state index in [1.54, 1.807) is 7.11 Å². The molecule has 4 fully saturated rings. The minimum absolute atomic E-state index is 0.189. The fourth-order valence-electron chi connectivity index (χ4n) is 7.33. The maximum Gasteiger partial charge on any atom is 0.235 e. The number of nitrogens with one attached hydrogen (secondary N) is 3. The summed E-state index contributed by atoms with van der Waals surface area (Å²) >= 11 is 1.89. The van der Waals surface area contributed by atoms with Crippen LogP contribution in [-0.4, -0.2) is 50.3 Å². The van der Waals surface area contributed by atoms with E-state index in [9.17, 15) is 4.79 Å². The molecule has 6 atom stereocenters. The van der Waals surface area contributed by atoms with Gasteiger partial charge >= 0.3 is 0 Å². The molecule has 4 heterocycles. The number of hydrogen-bond donors (Lipinski definition) is 3. The number of morpholine rings is 1. The Bertz CT molecular complexity index is 1130. The lowest BCUT2D eigenvalue weighted by molar-refractivity contribution is -0.118. The van der Waals surface area contributed by atoms with E-state index < -0.39 is 0 Å². The predicted octanol–water partition coefficient (Wildman–Crippen LogP) is 3.43. The number of benzene rings is 1. The van der Waals surface area contributed by atoms with Gasteiger partial charge in [-0.05, 0) is 84.2 Å².